The molecule has 5 heteroatoms. The van der Waals surface area contributed by atoms with Crippen molar-refractivity contribution in [3.63, 3.8) is 0 Å². The molecular weight excluding hydrogens is 228 g/mol. The van der Waals surface area contributed by atoms with E-state index < -0.39 is 0 Å². The molecule has 0 bridgehead atoms. The normalized spacial score (nSPS) is 9.89. The van der Waals surface area contributed by atoms with Crippen molar-refractivity contribution in [1.29, 1.82) is 0 Å². The van der Waals surface area contributed by atoms with E-state index in [4.69, 9.17) is 0 Å². The molecule has 0 unspecified atom stereocenters. The zero-order valence-electron chi connectivity index (χ0n) is 10.3. The Morgan fingerprint density at radius 1 is 1.33 bits per heavy atom. The molecule has 0 spiro atoms. The highest BCUT2D eigenvalue weighted by molar-refractivity contribution is 6.07. The lowest BCUT2D eigenvalue weighted by Gasteiger charge is -2.08. The van der Waals surface area contributed by atoms with Crippen molar-refractivity contribution in [3.05, 3.63) is 47.9 Å². The van der Waals surface area contributed by atoms with E-state index in [0.29, 0.717) is 17.1 Å². The number of anilines is 2. The number of amides is 1. The molecule has 0 aliphatic heterocycles. The molecule has 2 N–H and O–H groups in total. The predicted molar refractivity (Wildman–Crippen MR) is 70.7 cm³/mol. The van der Waals surface area contributed by atoms with Gasteiger partial charge in [0.25, 0.3) is 5.91 Å². The van der Waals surface area contributed by atoms with Crippen LogP contribution in [-0.4, -0.2) is 22.9 Å². The minimum absolute atomic E-state index is 0.208. The molecule has 2 aromatic heterocycles. The van der Waals surface area contributed by atoms with Gasteiger partial charge in [-0.2, -0.15) is 0 Å². The predicted octanol–water partition coefficient (Wildman–Crippen LogP) is 2.08. The van der Waals surface area contributed by atoms with Crippen LogP contribution in [0.2, 0.25) is 0 Å². The lowest BCUT2D eigenvalue weighted by atomic mass is 10.2. The van der Waals surface area contributed by atoms with Crippen LogP contribution in [-0.2, 0) is 0 Å². The Bertz CT molecular complexity index is 568. The van der Waals surface area contributed by atoms with Gasteiger partial charge in [-0.3, -0.25) is 9.78 Å². The third-order valence-corrected chi connectivity index (χ3v) is 2.42. The highest BCUT2D eigenvalue weighted by Crippen LogP contribution is 2.14. The molecule has 5 nitrogen and oxygen atoms in total. The van der Waals surface area contributed by atoms with E-state index in [2.05, 4.69) is 20.6 Å². The smallest absolute Gasteiger partial charge is 0.259 e. The Balaban J connectivity index is 2.22. The van der Waals surface area contributed by atoms with Crippen LogP contribution in [0, 0.1) is 6.92 Å². The third-order valence-electron chi connectivity index (χ3n) is 2.42. The number of aryl methyl sites for hydroxylation is 1. The largest absolute Gasteiger partial charge is 0.372 e. The van der Waals surface area contributed by atoms with Gasteiger partial charge in [0.2, 0.25) is 0 Å². The molecule has 0 aliphatic rings. The Morgan fingerprint density at radius 2 is 2.17 bits per heavy atom. The zero-order chi connectivity index (χ0) is 13.0. The SMILES string of the molecule is CNc1ncccc1C(=O)Nc1cncc(C)c1. The monoisotopic (exact) mass is 242 g/mol. The molecule has 0 aromatic carbocycles. The van der Waals surface area contributed by atoms with Gasteiger partial charge in [0.15, 0.2) is 0 Å². The maximum absolute atomic E-state index is 12.1. The summed E-state index contributed by atoms with van der Waals surface area (Å²) in [6.07, 6.45) is 4.98. The van der Waals surface area contributed by atoms with E-state index in [9.17, 15) is 4.79 Å². The molecular formula is C13H14N4O. The van der Waals surface area contributed by atoms with E-state index in [-0.39, 0.29) is 5.91 Å². The lowest BCUT2D eigenvalue weighted by molar-refractivity contribution is 0.102. The van der Waals surface area contributed by atoms with Crippen LogP contribution < -0.4 is 10.6 Å². The first-order valence-electron chi connectivity index (χ1n) is 5.56. The summed E-state index contributed by atoms with van der Waals surface area (Å²) >= 11 is 0. The van der Waals surface area contributed by atoms with Crippen LogP contribution in [0.15, 0.2) is 36.8 Å². The maximum atomic E-state index is 12.1. The van der Waals surface area contributed by atoms with Crippen molar-refractivity contribution in [2.24, 2.45) is 0 Å². The van der Waals surface area contributed by atoms with Gasteiger partial charge in [-0.15, -0.1) is 0 Å². The second kappa shape index (κ2) is 5.27. The molecule has 0 fully saturated rings. The van der Waals surface area contributed by atoms with Crippen molar-refractivity contribution in [2.45, 2.75) is 6.92 Å². The van der Waals surface area contributed by atoms with Crippen molar-refractivity contribution in [3.8, 4) is 0 Å². The number of carbonyl (C=O) groups excluding carboxylic acids is 1. The highest BCUT2D eigenvalue weighted by atomic mass is 16.1. The fraction of sp³-hybridized carbons (Fsp3) is 0.154. The first-order valence-corrected chi connectivity index (χ1v) is 5.56. The Morgan fingerprint density at radius 3 is 2.89 bits per heavy atom. The van der Waals surface area contributed by atoms with E-state index in [0.717, 1.165) is 5.56 Å². The Hall–Kier alpha value is -2.43. The van der Waals surface area contributed by atoms with Crippen LogP contribution in [0.4, 0.5) is 11.5 Å². The molecule has 2 aromatic rings. The van der Waals surface area contributed by atoms with Gasteiger partial charge >= 0.3 is 0 Å². The first-order chi connectivity index (χ1) is 8.70. The number of hydrogen-bond acceptors (Lipinski definition) is 4. The first kappa shape index (κ1) is 12.0. The molecule has 0 radical (unpaired) electrons. The van der Waals surface area contributed by atoms with Gasteiger partial charge < -0.3 is 10.6 Å². The number of pyridine rings is 2. The minimum Gasteiger partial charge on any atom is -0.372 e. The van der Waals surface area contributed by atoms with E-state index in [1.165, 1.54) is 0 Å². The standard InChI is InChI=1S/C13H14N4O/c1-9-6-10(8-15-7-9)17-13(18)11-4-3-5-16-12(11)14-2/h3-8H,1-2H3,(H,14,16)(H,17,18). The summed E-state index contributed by atoms with van der Waals surface area (Å²) in [7, 11) is 1.73. The second-order valence-electron chi connectivity index (χ2n) is 3.85. The minimum atomic E-state index is -0.208. The van der Waals surface area contributed by atoms with Crippen molar-refractivity contribution in [2.75, 3.05) is 17.7 Å². The molecule has 92 valence electrons. The van der Waals surface area contributed by atoms with E-state index in [1.807, 2.05) is 13.0 Å². The van der Waals surface area contributed by atoms with Crippen LogP contribution in [0.3, 0.4) is 0 Å². The summed E-state index contributed by atoms with van der Waals surface area (Å²) in [5.41, 5.74) is 2.17. The number of carbonyl (C=O) groups is 1. The lowest BCUT2D eigenvalue weighted by Crippen LogP contribution is -2.14. The van der Waals surface area contributed by atoms with E-state index in [1.54, 1.807) is 37.8 Å². The quantitative estimate of drug-likeness (QED) is 0.864. The Labute approximate surface area is 105 Å². The number of nitrogens with one attached hydrogen (secondary N) is 2. The molecule has 0 atom stereocenters. The second-order valence-corrected chi connectivity index (χ2v) is 3.85. The summed E-state index contributed by atoms with van der Waals surface area (Å²) in [6, 6.07) is 5.31. The average Bonchev–Trinajstić information content (AvgIpc) is 2.38. The van der Waals surface area contributed by atoms with Crippen LogP contribution in [0.25, 0.3) is 0 Å². The molecule has 0 aliphatic carbocycles. The molecule has 18 heavy (non-hydrogen) atoms. The van der Waals surface area contributed by atoms with Crippen LogP contribution in [0.1, 0.15) is 15.9 Å². The number of rotatable bonds is 3. The van der Waals surface area contributed by atoms with Crippen molar-refractivity contribution in [1.82, 2.24) is 9.97 Å². The van der Waals surface area contributed by atoms with E-state index >= 15 is 0 Å². The molecule has 2 heterocycles. The molecule has 0 saturated heterocycles. The number of hydrogen-bond donors (Lipinski definition) is 2. The molecule has 2 rings (SSSR count). The Kier molecular flexibility index (Phi) is 3.52. The van der Waals surface area contributed by atoms with Crippen molar-refractivity contribution < 1.29 is 4.79 Å². The maximum Gasteiger partial charge on any atom is 0.259 e. The average molecular weight is 242 g/mol. The number of nitrogens with zero attached hydrogens (tertiary/aromatic N) is 2. The summed E-state index contributed by atoms with van der Waals surface area (Å²) in [6.45, 7) is 1.92. The van der Waals surface area contributed by atoms with Gasteiger partial charge in [-0.05, 0) is 30.7 Å². The van der Waals surface area contributed by atoms with Crippen LogP contribution >= 0.6 is 0 Å². The van der Waals surface area contributed by atoms with Gasteiger partial charge in [-0.25, -0.2) is 4.98 Å². The van der Waals surface area contributed by atoms with Crippen molar-refractivity contribution >= 4 is 17.4 Å². The fourth-order valence-electron chi connectivity index (χ4n) is 1.61. The summed E-state index contributed by atoms with van der Waals surface area (Å²) in [5.74, 6) is 0.343. The zero-order valence-corrected chi connectivity index (χ0v) is 10.3. The van der Waals surface area contributed by atoms with Gasteiger partial charge in [-0.1, -0.05) is 0 Å². The highest BCUT2D eigenvalue weighted by Gasteiger charge is 2.11. The molecule has 0 saturated carbocycles. The number of aromatic nitrogens is 2. The summed E-state index contributed by atoms with van der Waals surface area (Å²) < 4.78 is 0. The van der Waals surface area contributed by atoms with Gasteiger partial charge in [0, 0.05) is 19.4 Å². The summed E-state index contributed by atoms with van der Waals surface area (Å²) in [5, 5.41) is 5.68. The summed E-state index contributed by atoms with van der Waals surface area (Å²) in [4.78, 5) is 20.2. The third kappa shape index (κ3) is 2.63. The van der Waals surface area contributed by atoms with Crippen LogP contribution in [0.5, 0.6) is 0 Å². The molecule has 1 amide bonds. The van der Waals surface area contributed by atoms with Gasteiger partial charge in [0.1, 0.15) is 5.82 Å². The van der Waals surface area contributed by atoms with Gasteiger partial charge in [0.05, 0.1) is 17.4 Å². The fourth-order valence-corrected chi connectivity index (χ4v) is 1.61. The topological polar surface area (TPSA) is 66.9 Å².